The van der Waals surface area contributed by atoms with Gasteiger partial charge in [-0.2, -0.15) is 0 Å². The van der Waals surface area contributed by atoms with Crippen LogP contribution in [0, 0.1) is 0 Å². The zero-order valence-corrected chi connectivity index (χ0v) is 17.9. The highest BCUT2D eigenvalue weighted by Gasteiger charge is 2.24. The number of allylic oxidation sites excluding steroid dienone is 1. The Bertz CT molecular complexity index is 932. The van der Waals surface area contributed by atoms with E-state index in [4.69, 9.17) is 9.84 Å². The number of nitrogens with zero attached hydrogens (tertiary/aromatic N) is 2. The average molecular weight is 419 g/mol. The summed E-state index contributed by atoms with van der Waals surface area (Å²) in [5.41, 5.74) is 4.88. The lowest BCUT2D eigenvalue weighted by Gasteiger charge is -2.24. The van der Waals surface area contributed by atoms with Crippen LogP contribution in [0.25, 0.3) is 0 Å². The van der Waals surface area contributed by atoms with Gasteiger partial charge in [0.2, 0.25) is 0 Å². The molecule has 0 amide bonds. The lowest BCUT2D eigenvalue weighted by Crippen LogP contribution is -2.35. The summed E-state index contributed by atoms with van der Waals surface area (Å²) in [5, 5.41) is 8.83. The molecule has 1 N–H and O–H groups in total. The molecule has 5 nitrogen and oxygen atoms in total. The summed E-state index contributed by atoms with van der Waals surface area (Å²) in [5.74, 6) is 0.173. The van der Waals surface area contributed by atoms with Crippen molar-refractivity contribution in [3.05, 3.63) is 77.5 Å². The number of hydrogen-bond donors (Lipinski definition) is 1. The Morgan fingerprint density at radius 3 is 2.52 bits per heavy atom. The minimum Gasteiger partial charge on any atom is -0.492 e. The molecule has 1 atom stereocenters. The van der Waals surface area contributed by atoms with E-state index in [0.717, 1.165) is 50.2 Å². The highest BCUT2D eigenvalue weighted by Crippen LogP contribution is 2.21. The minimum absolute atomic E-state index is 0.236. The summed E-state index contributed by atoms with van der Waals surface area (Å²) in [6.45, 7) is 2.53. The van der Waals surface area contributed by atoms with Crippen LogP contribution in [0.3, 0.4) is 0 Å². The van der Waals surface area contributed by atoms with Gasteiger partial charge in [0.05, 0.1) is 5.71 Å². The molecule has 1 saturated heterocycles. The van der Waals surface area contributed by atoms with Crippen LogP contribution in [-0.4, -0.2) is 47.4 Å². The number of aliphatic imine (C=N–C) groups is 1. The molecule has 2 heterocycles. The number of ether oxygens (including phenoxy) is 1. The first-order valence-electron chi connectivity index (χ1n) is 11.2. The van der Waals surface area contributed by atoms with Crippen molar-refractivity contribution in [2.75, 3.05) is 19.7 Å². The molecule has 4 rings (SSSR count). The van der Waals surface area contributed by atoms with Crippen molar-refractivity contribution in [3.63, 3.8) is 0 Å². The molecule has 31 heavy (non-hydrogen) atoms. The zero-order valence-electron chi connectivity index (χ0n) is 17.9. The average Bonchev–Trinajstić information content (AvgIpc) is 3.46. The number of carbonyl (C=O) groups is 1. The molecular formula is C26H30N2O3. The van der Waals surface area contributed by atoms with Crippen molar-refractivity contribution in [2.24, 2.45) is 4.99 Å². The highest BCUT2D eigenvalue weighted by molar-refractivity contribution is 6.02. The third-order valence-corrected chi connectivity index (χ3v) is 6.04. The number of likely N-dealkylation sites (tertiary alicyclic amines) is 1. The number of rotatable bonds is 10. The van der Waals surface area contributed by atoms with Crippen LogP contribution in [0.1, 0.15) is 48.8 Å². The predicted octanol–water partition coefficient (Wildman–Crippen LogP) is 4.69. The normalized spacial score (nSPS) is 18.3. The van der Waals surface area contributed by atoms with Gasteiger partial charge in [-0.3, -0.25) is 14.7 Å². The largest absolute Gasteiger partial charge is 0.492 e. The van der Waals surface area contributed by atoms with E-state index in [1.54, 1.807) is 0 Å². The summed E-state index contributed by atoms with van der Waals surface area (Å²) < 4.78 is 6.05. The Kier molecular flexibility index (Phi) is 7.15. The fraction of sp³-hybridized carbons (Fsp3) is 0.385. The Labute approximate surface area is 184 Å². The van der Waals surface area contributed by atoms with Crippen molar-refractivity contribution in [2.45, 2.75) is 44.6 Å². The second-order valence-electron chi connectivity index (χ2n) is 8.32. The molecule has 1 fully saturated rings. The second-order valence-corrected chi connectivity index (χ2v) is 8.32. The van der Waals surface area contributed by atoms with Gasteiger partial charge in [0.1, 0.15) is 12.4 Å². The molecule has 0 saturated carbocycles. The first-order valence-corrected chi connectivity index (χ1v) is 11.2. The van der Waals surface area contributed by atoms with Crippen LogP contribution in [0.2, 0.25) is 0 Å². The SMILES string of the molecule is O=C(O)CCCN1CCCC1COc1ccc(Cc2ccc(C3=NC=CC3)cc2)cc1. The maximum absolute atomic E-state index is 10.7. The van der Waals surface area contributed by atoms with E-state index < -0.39 is 5.97 Å². The molecule has 0 bridgehead atoms. The molecule has 1 unspecified atom stereocenters. The van der Waals surface area contributed by atoms with Crippen molar-refractivity contribution in [1.29, 1.82) is 0 Å². The van der Waals surface area contributed by atoms with Gasteiger partial charge in [-0.05, 0) is 67.6 Å². The van der Waals surface area contributed by atoms with Gasteiger partial charge in [-0.25, -0.2) is 0 Å². The molecule has 2 aliphatic rings. The summed E-state index contributed by atoms with van der Waals surface area (Å²) in [4.78, 5) is 17.5. The molecule has 5 heteroatoms. The lowest BCUT2D eigenvalue weighted by molar-refractivity contribution is -0.137. The molecule has 0 spiro atoms. The van der Waals surface area contributed by atoms with E-state index >= 15 is 0 Å². The van der Waals surface area contributed by atoms with Crippen LogP contribution < -0.4 is 4.74 Å². The van der Waals surface area contributed by atoms with Gasteiger partial charge >= 0.3 is 5.97 Å². The summed E-state index contributed by atoms with van der Waals surface area (Å²) in [6, 6.07) is 17.4. The first-order chi connectivity index (χ1) is 15.2. The monoisotopic (exact) mass is 418 g/mol. The van der Waals surface area contributed by atoms with Gasteiger partial charge in [0.15, 0.2) is 0 Å². The summed E-state index contributed by atoms with van der Waals surface area (Å²) in [7, 11) is 0. The van der Waals surface area contributed by atoms with Crippen molar-refractivity contribution in [3.8, 4) is 5.75 Å². The summed E-state index contributed by atoms with van der Waals surface area (Å²) in [6.07, 6.45) is 8.97. The maximum Gasteiger partial charge on any atom is 0.303 e. The Hall–Kier alpha value is -2.92. The number of benzene rings is 2. The van der Waals surface area contributed by atoms with Crippen LogP contribution >= 0.6 is 0 Å². The van der Waals surface area contributed by atoms with Crippen LogP contribution in [0.15, 0.2) is 65.8 Å². The zero-order chi connectivity index (χ0) is 21.5. The minimum atomic E-state index is -0.719. The third kappa shape index (κ3) is 6.05. The van der Waals surface area contributed by atoms with Gasteiger partial charge in [-0.15, -0.1) is 0 Å². The molecular weight excluding hydrogens is 388 g/mol. The number of hydrogen-bond acceptors (Lipinski definition) is 4. The van der Waals surface area contributed by atoms with Gasteiger partial charge in [-0.1, -0.05) is 42.5 Å². The first kappa shape index (κ1) is 21.3. The number of carboxylic acids is 1. The number of aliphatic carboxylic acids is 1. The molecule has 162 valence electrons. The molecule has 2 aromatic rings. The van der Waals surface area contributed by atoms with Crippen LogP contribution in [0.5, 0.6) is 5.75 Å². The van der Waals surface area contributed by atoms with E-state index in [9.17, 15) is 4.79 Å². The molecule has 2 aliphatic heterocycles. The molecule has 0 radical (unpaired) electrons. The van der Waals surface area contributed by atoms with E-state index in [0.29, 0.717) is 19.1 Å². The Balaban J connectivity index is 1.25. The summed E-state index contributed by atoms with van der Waals surface area (Å²) >= 11 is 0. The maximum atomic E-state index is 10.7. The van der Waals surface area contributed by atoms with Crippen molar-refractivity contribution < 1.29 is 14.6 Å². The molecule has 0 aliphatic carbocycles. The van der Waals surface area contributed by atoms with Gasteiger partial charge in [0.25, 0.3) is 0 Å². The second kappa shape index (κ2) is 10.4. The lowest BCUT2D eigenvalue weighted by atomic mass is 10.0. The fourth-order valence-electron chi connectivity index (χ4n) is 4.31. The molecule has 2 aromatic carbocycles. The Morgan fingerprint density at radius 1 is 1.10 bits per heavy atom. The van der Waals surface area contributed by atoms with Gasteiger partial charge < -0.3 is 9.84 Å². The standard InChI is InChI=1S/C26H30N2O3/c29-26(30)6-3-17-28-16-2-4-23(28)19-31-24-13-9-21(10-14-24)18-20-7-11-22(12-8-20)25-5-1-15-27-25/h1,7-15,23H,2-6,16-19H2,(H,29,30). The molecule has 0 aromatic heterocycles. The quantitative estimate of drug-likeness (QED) is 0.608. The van der Waals surface area contributed by atoms with Crippen molar-refractivity contribution in [1.82, 2.24) is 4.90 Å². The van der Waals surface area contributed by atoms with E-state index in [1.165, 1.54) is 16.7 Å². The predicted molar refractivity (Wildman–Crippen MR) is 123 cm³/mol. The fourth-order valence-corrected chi connectivity index (χ4v) is 4.31. The van der Waals surface area contributed by atoms with E-state index in [2.05, 4.69) is 52.4 Å². The van der Waals surface area contributed by atoms with E-state index in [1.807, 2.05) is 18.3 Å². The van der Waals surface area contributed by atoms with Crippen LogP contribution in [0.4, 0.5) is 0 Å². The van der Waals surface area contributed by atoms with Gasteiger partial charge in [0, 0.05) is 25.1 Å². The van der Waals surface area contributed by atoms with Crippen molar-refractivity contribution >= 4 is 11.7 Å². The smallest absolute Gasteiger partial charge is 0.303 e. The highest BCUT2D eigenvalue weighted by atomic mass is 16.5. The number of carboxylic acid groups (broad SMARTS) is 1. The van der Waals surface area contributed by atoms with E-state index in [-0.39, 0.29) is 6.42 Å². The third-order valence-electron chi connectivity index (χ3n) is 6.04. The topological polar surface area (TPSA) is 62.1 Å². The Morgan fingerprint density at radius 2 is 1.84 bits per heavy atom. The van der Waals surface area contributed by atoms with Crippen LogP contribution in [-0.2, 0) is 11.2 Å².